The van der Waals surface area contributed by atoms with Crippen LogP contribution in [0.25, 0.3) is 0 Å². The van der Waals surface area contributed by atoms with E-state index in [1.807, 2.05) is 0 Å². The van der Waals surface area contributed by atoms with E-state index >= 15 is 0 Å². The molecule has 0 aromatic carbocycles. The molecule has 0 aromatic heterocycles. The molecule has 1 saturated heterocycles. The van der Waals surface area contributed by atoms with Crippen molar-refractivity contribution in [3.05, 3.63) is 0 Å². The second kappa shape index (κ2) is 5.07. The first-order valence-electron chi connectivity index (χ1n) is 4.93. The first-order valence-corrected chi connectivity index (χ1v) is 4.93. The smallest absolute Gasteiger partial charge is 0.188 e. The van der Waals surface area contributed by atoms with Crippen LogP contribution in [0.3, 0.4) is 0 Å². The Bertz CT molecular complexity index is 172. The number of nitrogens with zero attached hydrogens (tertiary/aromatic N) is 2. The van der Waals surface area contributed by atoms with Crippen molar-refractivity contribution in [1.82, 2.24) is 10.2 Å². The highest BCUT2D eigenvalue weighted by Crippen LogP contribution is 2.07. The maximum atomic E-state index is 5.57. The molecule has 1 atom stereocenters. The first-order chi connectivity index (χ1) is 6.22. The molecule has 1 aliphatic rings. The normalized spacial score (nSPS) is 21.8. The number of nitrogens with one attached hydrogen (secondary N) is 1. The second-order valence-electron chi connectivity index (χ2n) is 3.66. The van der Waals surface area contributed by atoms with Gasteiger partial charge in [-0.25, -0.2) is 0 Å². The quantitative estimate of drug-likeness (QED) is 0.480. The van der Waals surface area contributed by atoms with Gasteiger partial charge in [-0.2, -0.15) is 0 Å². The third-order valence-electron chi connectivity index (χ3n) is 2.37. The summed E-state index contributed by atoms with van der Waals surface area (Å²) in [5.41, 5.74) is 5.57. The third-order valence-corrected chi connectivity index (χ3v) is 2.37. The highest BCUT2D eigenvalue weighted by molar-refractivity contribution is 5.77. The van der Waals surface area contributed by atoms with E-state index in [0.717, 1.165) is 6.54 Å². The van der Waals surface area contributed by atoms with Crippen LogP contribution in [0.15, 0.2) is 4.99 Å². The summed E-state index contributed by atoms with van der Waals surface area (Å²) in [6.07, 6.45) is 2.67. The molecule has 0 bridgehead atoms. The van der Waals surface area contributed by atoms with Crippen LogP contribution in [0.5, 0.6) is 0 Å². The Kier molecular flexibility index (Phi) is 4.02. The molecule has 76 valence electrons. The van der Waals surface area contributed by atoms with Crippen molar-refractivity contribution in [2.75, 3.05) is 26.7 Å². The summed E-state index contributed by atoms with van der Waals surface area (Å²) in [5.74, 6) is 0.534. The molecule has 0 saturated carbocycles. The molecule has 0 amide bonds. The average Bonchev–Trinajstić information content (AvgIpc) is 2.56. The summed E-state index contributed by atoms with van der Waals surface area (Å²) >= 11 is 0. The Morgan fingerprint density at radius 2 is 2.15 bits per heavy atom. The van der Waals surface area contributed by atoms with Crippen molar-refractivity contribution in [3.63, 3.8) is 0 Å². The van der Waals surface area contributed by atoms with E-state index < -0.39 is 0 Å². The van der Waals surface area contributed by atoms with Gasteiger partial charge in [0.15, 0.2) is 5.96 Å². The van der Waals surface area contributed by atoms with Crippen LogP contribution in [0, 0.1) is 0 Å². The Morgan fingerprint density at radius 3 is 2.69 bits per heavy atom. The van der Waals surface area contributed by atoms with Gasteiger partial charge in [-0.1, -0.05) is 0 Å². The summed E-state index contributed by atoms with van der Waals surface area (Å²) in [6, 6.07) is 0.391. The monoisotopic (exact) mass is 184 g/mol. The SMILES string of the molecule is CN=C(N)NC(C)CN1CCCC1. The van der Waals surface area contributed by atoms with Gasteiger partial charge < -0.3 is 16.0 Å². The van der Waals surface area contributed by atoms with Crippen molar-refractivity contribution in [3.8, 4) is 0 Å². The number of guanidine groups is 1. The average molecular weight is 184 g/mol. The number of hydrogen-bond acceptors (Lipinski definition) is 2. The predicted molar refractivity (Wildman–Crippen MR) is 55.8 cm³/mol. The summed E-state index contributed by atoms with van der Waals surface area (Å²) < 4.78 is 0. The van der Waals surface area contributed by atoms with Gasteiger partial charge in [0, 0.05) is 19.6 Å². The summed E-state index contributed by atoms with van der Waals surface area (Å²) in [4.78, 5) is 6.33. The molecule has 0 radical (unpaired) electrons. The van der Waals surface area contributed by atoms with E-state index in [1.165, 1.54) is 25.9 Å². The molecular weight excluding hydrogens is 164 g/mol. The zero-order valence-electron chi connectivity index (χ0n) is 8.58. The lowest BCUT2D eigenvalue weighted by molar-refractivity contribution is 0.312. The van der Waals surface area contributed by atoms with E-state index in [4.69, 9.17) is 5.73 Å². The van der Waals surface area contributed by atoms with E-state index in [2.05, 4.69) is 22.1 Å². The van der Waals surface area contributed by atoms with Crippen LogP contribution in [-0.2, 0) is 0 Å². The highest BCUT2D eigenvalue weighted by atomic mass is 15.2. The number of rotatable bonds is 3. The predicted octanol–water partition coefficient (Wildman–Crippen LogP) is 0.00480. The molecule has 1 unspecified atom stereocenters. The highest BCUT2D eigenvalue weighted by Gasteiger charge is 2.14. The topological polar surface area (TPSA) is 53.6 Å². The molecule has 1 fully saturated rings. The standard InChI is InChI=1S/C9H20N4/c1-8(12-9(10)11-2)7-13-5-3-4-6-13/h8H,3-7H2,1-2H3,(H3,10,11,12). The number of likely N-dealkylation sites (tertiary alicyclic amines) is 1. The fraction of sp³-hybridized carbons (Fsp3) is 0.889. The molecule has 13 heavy (non-hydrogen) atoms. The molecule has 0 spiro atoms. The Hall–Kier alpha value is -0.770. The Morgan fingerprint density at radius 1 is 1.54 bits per heavy atom. The minimum absolute atomic E-state index is 0.391. The number of aliphatic imine (C=N–C) groups is 1. The van der Waals surface area contributed by atoms with E-state index in [9.17, 15) is 0 Å². The van der Waals surface area contributed by atoms with Crippen molar-refractivity contribution in [2.24, 2.45) is 10.7 Å². The van der Waals surface area contributed by atoms with Crippen LogP contribution in [0.1, 0.15) is 19.8 Å². The molecule has 4 heteroatoms. The molecule has 1 aliphatic heterocycles. The second-order valence-corrected chi connectivity index (χ2v) is 3.66. The number of nitrogens with two attached hydrogens (primary N) is 1. The molecule has 0 aromatic rings. The van der Waals surface area contributed by atoms with Gasteiger partial charge in [0.2, 0.25) is 0 Å². The van der Waals surface area contributed by atoms with Crippen LogP contribution in [-0.4, -0.2) is 43.6 Å². The van der Waals surface area contributed by atoms with E-state index in [-0.39, 0.29) is 0 Å². The van der Waals surface area contributed by atoms with Crippen molar-refractivity contribution >= 4 is 5.96 Å². The van der Waals surface area contributed by atoms with Gasteiger partial charge in [0.1, 0.15) is 0 Å². The lowest BCUT2D eigenvalue weighted by Gasteiger charge is -2.21. The van der Waals surface area contributed by atoms with Crippen LogP contribution >= 0.6 is 0 Å². The van der Waals surface area contributed by atoms with Crippen molar-refractivity contribution < 1.29 is 0 Å². The Balaban J connectivity index is 2.20. The summed E-state index contributed by atoms with van der Waals surface area (Å²) in [5, 5.41) is 3.14. The van der Waals surface area contributed by atoms with Crippen molar-refractivity contribution in [1.29, 1.82) is 0 Å². The van der Waals surface area contributed by atoms with Crippen molar-refractivity contribution in [2.45, 2.75) is 25.8 Å². The first kappa shape index (κ1) is 10.3. The molecule has 1 rings (SSSR count). The van der Waals surface area contributed by atoms with Gasteiger partial charge in [0.25, 0.3) is 0 Å². The largest absolute Gasteiger partial charge is 0.370 e. The molecule has 0 aliphatic carbocycles. The van der Waals surface area contributed by atoms with Gasteiger partial charge in [-0.15, -0.1) is 0 Å². The lowest BCUT2D eigenvalue weighted by Crippen LogP contribution is -2.44. The molecule has 1 heterocycles. The molecule has 4 nitrogen and oxygen atoms in total. The van der Waals surface area contributed by atoms with Gasteiger partial charge >= 0.3 is 0 Å². The fourth-order valence-electron chi connectivity index (χ4n) is 1.72. The molecule has 3 N–H and O–H groups in total. The maximum absolute atomic E-state index is 5.57. The van der Waals surface area contributed by atoms with E-state index in [0.29, 0.717) is 12.0 Å². The lowest BCUT2D eigenvalue weighted by atomic mass is 10.3. The van der Waals surface area contributed by atoms with Gasteiger partial charge in [-0.3, -0.25) is 4.99 Å². The zero-order chi connectivity index (χ0) is 9.68. The summed E-state index contributed by atoms with van der Waals surface area (Å²) in [7, 11) is 1.70. The van der Waals surface area contributed by atoms with Gasteiger partial charge in [0.05, 0.1) is 0 Å². The van der Waals surface area contributed by atoms with Gasteiger partial charge in [-0.05, 0) is 32.9 Å². The maximum Gasteiger partial charge on any atom is 0.188 e. The van der Waals surface area contributed by atoms with Crippen LogP contribution in [0.2, 0.25) is 0 Å². The summed E-state index contributed by atoms with van der Waals surface area (Å²) in [6.45, 7) is 5.66. The molecular formula is C9H20N4. The number of hydrogen-bond donors (Lipinski definition) is 2. The fourth-order valence-corrected chi connectivity index (χ4v) is 1.72. The van der Waals surface area contributed by atoms with Crippen LogP contribution in [0.4, 0.5) is 0 Å². The van der Waals surface area contributed by atoms with E-state index in [1.54, 1.807) is 7.05 Å². The zero-order valence-corrected chi connectivity index (χ0v) is 8.58. The Labute approximate surface area is 80.2 Å². The van der Waals surface area contributed by atoms with Crippen LogP contribution < -0.4 is 11.1 Å². The minimum Gasteiger partial charge on any atom is -0.370 e. The third kappa shape index (κ3) is 3.63. The minimum atomic E-state index is 0.391.